The van der Waals surface area contributed by atoms with Crippen molar-refractivity contribution in [1.29, 1.82) is 0 Å². The minimum absolute atomic E-state index is 0.590. The molecule has 0 radical (unpaired) electrons. The third-order valence-corrected chi connectivity index (χ3v) is 4.12. The molecule has 110 valence electrons. The van der Waals surface area contributed by atoms with Crippen LogP contribution in [0.1, 0.15) is 30.8 Å². The molecule has 1 aliphatic heterocycles. The summed E-state index contributed by atoms with van der Waals surface area (Å²) in [4.78, 5) is 11.4. The summed E-state index contributed by atoms with van der Waals surface area (Å²) in [5.74, 6) is 2.95. The third-order valence-electron chi connectivity index (χ3n) is 4.12. The van der Waals surface area contributed by atoms with Gasteiger partial charge in [0.05, 0.1) is 0 Å². The van der Waals surface area contributed by atoms with E-state index in [0.717, 1.165) is 36.6 Å². The summed E-state index contributed by atoms with van der Waals surface area (Å²) in [6, 6.07) is 8.57. The molecule has 0 saturated heterocycles. The molecule has 2 N–H and O–H groups in total. The molecule has 0 fully saturated rings. The number of nitrogen functional groups attached to an aromatic ring is 1. The van der Waals surface area contributed by atoms with E-state index >= 15 is 0 Å². The van der Waals surface area contributed by atoms with Crippen molar-refractivity contribution in [2.45, 2.75) is 33.6 Å². The largest absolute Gasteiger partial charge is 0.383 e. The van der Waals surface area contributed by atoms with Crippen LogP contribution in [0, 0.1) is 12.8 Å². The number of hydrogen-bond donors (Lipinski definition) is 1. The normalized spacial score (nSPS) is 17.7. The van der Waals surface area contributed by atoms with Gasteiger partial charge in [0.15, 0.2) is 0 Å². The second-order valence-electron chi connectivity index (χ2n) is 5.88. The first-order valence-electron chi connectivity index (χ1n) is 7.58. The van der Waals surface area contributed by atoms with Gasteiger partial charge < -0.3 is 10.6 Å². The third kappa shape index (κ3) is 2.46. The fourth-order valence-corrected chi connectivity index (χ4v) is 2.99. The van der Waals surface area contributed by atoms with Crippen LogP contribution in [0.3, 0.4) is 0 Å². The van der Waals surface area contributed by atoms with Crippen molar-refractivity contribution in [3.8, 4) is 0 Å². The van der Waals surface area contributed by atoms with Gasteiger partial charge in [0.1, 0.15) is 17.5 Å². The van der Waals surface area contributed by atoms with E-state index in [2.05, 4.69) is 48.0 Å². The molecular formula is C17H22N4. The molecule has 2 aromatic rings. The highest BCUT2D eigenvalue weighted by Gasteiger charge is 2.25. The van der Waals surface area contributed by atoms with Gasteiger partial charge in [0.2, 0.25) is 0 Å². The smallest absolute Gasteiger partial charge is 0.141 e. The molecule has 1 aliphatic rings. The SMILES string of the molecule is CCc1nc(N)c(C)c(N2CC(C)Cc3ccccc32)n1. The Balaban J connectivity index is 2.14. The quantitative estimate of drug-likeness (QED) is 0.918. The lowest BCUT2D eigenvalue weighted by Crippen LogP contribution is -2.32. The summed E-state index contributed by atoms with van der Waals surface area (Å²) in [5, 5.41) is 0. The van der Waals surface area contributed by atoms with Crippen LogP contribution < -0.4 is 10.6 Å². The van der Waals surface area contributed by atoms with Gasteiger partial charge in [-0.25, -0.2) is 9.97 Å². The molecule has 2 heterocycles. The molecule has 0 aliphatic carbocycles. The molecule has 0 saturated carbocycles. The number of nitrogens with two attached hydrogens (primary N) is 1. The summed E-state index contributed by atoms with van der Waals surface area (Å²) in [6.45, 7) is 7.31. The molecular weight excluding hydrogens is 260 g/mol. The van der Waals surface area contributed by atoms with Crippen LogP contribution >= 0.6 is 0 Å². The minimum Gasteiger partial charge on any atom is -0.383 e. The lowest BCUT2D eigenvalue weighted by atomic mass is 9.93. The Labute approximate surface area is 126 Å². The van der Waals surface area contributed by atoms with Gasteiger partial charge in [-0.2, -0.15) is 0 Å². The molecule has 1 aromatic heterocycles. The van der Waals surface area contributed by atoms with E-state index in [4.69, 9.17) is 10.7 Å². The van der Waals surface area contributed by atoms with Crippen molar-refractivity contribution in [2.75, 3.05) is 17.2 Å². The summed E-state index contributed by atoms with van der Waals surface area (Å²) < 4.78 is 0. The molecule has 0 amide bonds. The fraction of sp³-hybridized carbons (Fsp3) is 0.412. The second kappa shape index (κ2) is 5.35. The van der Waals surface area contributed by atoms with Gasteiger partial charge >= 0.3 is 0 Å². The maximum Gasteiger partial charge on any atom is 0.141 e. The fourth-order valence-electron chi connectivity index (χ4n) is 2.99. The Bertz CT molecular complexity index is 666. The lowest BCUT2D eigenvalue weighted by molar-refractivity contribution is 0.559. The van der Waals surface area contributed by atoms with Crippen LogP contribution in [-0.4, -0.2) is 16.5 Å². The van der Waals surface area contributed by atoms with Gasteiger partial charge in [-0.3, -0.25) is 0 Å². The van der Waals surface area contributed by atoms with E-state index < -0.39 is 0 Å². The average Bonchev–Trinajstić information content (AvgIpc) is 2.49. The van der Waals surface area contributed by atoms with Crippen molar-refractivity contribution in [3.63, 3.8) is 0 Å². The highest BCUT2D eigenvalue weighted by atomic mass is 15.2. The molecule has 0 spiro atoms. The highest BCUT2D eigenvalue weighted by molar-refractivity contribution is 5.70. The van der Waals surface area contributed by atoms with Crippen LogP contribution in [-0.2, 0) is 12.8 Å². The molecule has 1 aromatic carbocycles. The molecule has 1 unspecified atom stereocenters. The predicted octanol–water partition coefficient (Wildman–Crippen LogP) is 3.26. The molecule has 3 rings (SSSR count). The zero-order chi connectivity index (χ0) is 15.0. The van der Waals surface area contributed by atoms with E-state index in [1.165, 1.54) is 11.3 Å². The van der Waals surface area contributed by atoms with Crippen LogP contribution in [0.5, 0.6) is 0 Å². The second-order valence-corrected chi connectivity index (χ2v) is 5.88. The Morgan fingerprint density at radius 1 is 1.29 bits per heavy atom. The zero-order valence-corrected chi connectivity index (χ0v) is 12.9. The number of para-hydroxylation sites is 1. The van der Waals surface area contributed by atoms with E-state index in [1.54, 1.807) is 0 Å². The van der Waals surface area contributed by atoms with Crippen molar-refractivity contribution < 1.29 is 0 Å². The minimum atomic E-state index is 0.590. The van der Waals surface area contributed by atoms with E-state index in [-0.39, 0.29) is 0 Å². The number of hydrogen-bond acceptors (Lipinski definition) is 4. The Kier molecular flexibility index (Phi) is 3.53. The summed E-state index contributed by atoms with van der Waals surface area (Å²) in [6.07, 6.45) is 1.91. The number of fused-ring (bicyclic) bond motifs is 1. The number of benzene rings is 1. The summed E-state index contributed by atoms with van der Waals surface area (Å²) in [7, 11) is 0. The van der Waals surface area contributed by atoms with Crippen molar-refractivity contribution >= 4 is 17.3 Å². The Hall–Kier alpha value is -2.10. The van der Waals surface area contributed by atoms with Gasteiger partial charge in [-0.05, 0) is 30.9 Å². The number of anilines is 3. The average molecular weight is 282 g/mol. The van der Waals surface area contributed by atoms with Crippen molar-refractivity contribution in [2.24, 2.45) is 5.92 Å². The van der Waals surface area contributed by atoms with E-state index in [0.29, 0.717) is 11.7 Å². The topological polar surface area (TPSA) is 55.0 Å². The first-order chi connectivity index (χ1) is 10.1. The van der Waals surface area contributed by atoms with Crippen molar-refractivity contribution in [1.82, 2.24) is 9.97 Å². The van der Waals surface area contributed by atoms with Gasteiger partial charge in [0.25, 0.3) is 0 Å². The first kappa shape index (κ1) is 13.9. The lowest BCUT2D eigenvalue weighted by Gasteiger charge is -2.35. The van der Waals surface area contributed by atoms with Crippen LogP contribution in [0.25, 0.3) is 0 Å². The number of nitrogens with zero attached hydrogens (tertiary/aromatic N) is 3. The van der Waals surface area contributed by atoms with E-state index in [9.17, 15) is 0 Å². The van der Waals surface area contributed by atoms with E-state index in [1.807, 2.05) is 6.92 Å². The van der Waals surface area contributed by atoms with Crippen LogP contribution in [0.15, 0.2) is 24.3 Å². The maximum atomic E-state index is 6.08. The molecule has 4 heteroatoms. The van der Waals surface area contributed by atoms with Gasteiger partial charge in [-0.15, -0.1) is 0 Å². The number of rotatable bonds is 2. The van der Waals surface area contributed by atoms with Crippen LogP contribution in [0.4, 0.5) is 17.3 Å². The Morgan fingerprint density at radius 3 is 2.81 bits per heavy atom. The van der Waals surface area contributed by atoms with Crippen LogP contribution in [0.2, 0.25) is 0 Å². The zero-order valence-electron chi connectivity index (χ0n) is 12.9. The summed E-state index contributed by atoms with van der Waals surface area (Å²) >= 11 is 0. The Morgan fingerprint density at radius 2 is 2.05 bits per heavy atom. The molecule has 1 atom stereocenters. The monoisotopic (exact) mass is 282 g/mol. The molecule has 4 nitrogen and oxygen atoms in total. The van der Waals surface area contributed by atoms with Gasteiger partial charge in [0, 0.05) is 24.2 Å². The maximum absolute atomic E-state index is 6.08. The number of aromatic nitrogens is 2. The molecule has 0 bridgehead atoms. The summed E-state index contributed by atoms with van der Waals surface area (Å²) in [5.41, 5.74) is 9.68. The highest BCUT2D eigenvalue weighted by Crippen LogP contribution is 2.36. The predicted molar refractivity (Wildman–Crippen MR) is 86.9 cm³/mol. The molecule has 21 heavy (non-hydrogen) atoms. The van der Waals surface area contributed by atoms with Crippen molar-refractivity contribution in [3.05, 3.63) is 41.2 Å². The first-order valence-corrected chi connectivity index (χ1v) is 7.58. The van der Waals surface area contributed by atoms with Gasteiger partial charge in [-0.1, -0.05) is 32.0 Å². The standard InChI is InChI=1S/C17H22N4/c1-4-15-19-16(18)12(3)17(20-15)21-10-11(2)9-13-7-5-6-8-14(13)21/h5-8,11H,4,9-10H2,1-3H3,(H2,18,19,20). The number of aryl methyl sites for hydroxylation is 1.